The van der Waals surface area contributed by atoms with Crippen LogP contribution in [-0.4, -0.2) is 36.1 Å². The lowest BCUT2D eigenvalue weighted by Gasteiger charge is -2.47. The first-order chi connectivity index (χ1) is 6.08. The zero-order chi connectivity index (χ0) is 9.64. The van der Waals surface area contributed by atoms with E-state index >= 15 is 0 Å². The van der Waals surface area contributed by atoms with E-state index in [1.807, 2.05) is 4.90 Å². The lowest BCUT2D eigenvalue weighted by molar-refractivity contribution is -0.164. The maximum Gasteiger partial charge on any atom is 0.254 e. The fourth-order valence-electron chi connectivity index (χ4n) is 2.39. The normalized spacial score (nSPS) is 35.9. The lowest BCUT2D eigenvalue weighted by Crippen LogP contribution is -2.66. The molecule has 74 valence electrons. The topological polar surface area (TPSA) is 29.5 Å². The molecular weight excluding hydrogens is 166 g/mol. The predicted molar refractivity (Wildman–Crippen MR) is 49.3 cm³/mol. The number of β-lactam (4-membered cyclic amide) rings is 1. The van der Waals surface area contributed by atoms with Gasteiger partial charge in [-0.15, -0.1) is 0 Å². The summed E-state index contributed by atoms with van der Waals surface area (Å²) in [7, 11) is 0. The molecule has 0 spiro atoms. The van der Waals surface area contributed by atoms with Crippen molar-refractivity contribution >= 4 is 5.91 Å². The van der Waals surface area contributed by atoms with E-state index in [4.69, 9.17) is 4.74 Å². The van der Waals surface area contributed by atoms with Gasteiger partial charge in [0.2, 0.25) is 0 Å². The molecule has 2 fully saturated rings. The highest BCUT2D eigenvalue weighted by atomic mass is 16.5. The highest BCUT2D eigenvalue weighted by Gasteiger charge is 2.59. The van der Waals surface area contributed by atoms with E-state index in [1.54, 1.807) is 0 Å². The van der Waals surface area contributed by atoms with Crippen molar-refractivity contribution in [1.82, 2.24) is 4.90 Å². The number of hydrogen-bond donors (Lipinski definition) is 0. The summed E-state index contributed by atoms with van der Waals surface area (Å²) in [4.78, 5) is 13.5. The van der Waals surface area contributed by atoms with Crippen molar-refractivity contribution in [2.75, 3.05) is 13.2 Å². The average Bonchev–Trinajstić information content (AvgIpc) is 2.34. The lowest BCUT2D eigenvalue weighted by atomic mass is 9.78. The number of nitrogens with zero attached hydrogens (tertiary/aromatic N) is 1. The third-order valence-electron chi connectivity index (χ3n) is 3.05. The number of likely N-dealkylation sites (tertiary alicyclic amines) is 1. The first kappa shape index (κ1) is 9.00. The number of rotatable bonds is 2. The highest BCUT2D eigenvalue weighted by molar-refractivity contribution is 5.89. The minimum atomic E-state index is -0.124. The maximum atomic E-state index is 11.5. The Kier molecular flexibility index (Phi) is 1.88. The van der Waals surface area contributed by atoms with Gasteiger partial charge in [-0.25, -0.2) is 0 Å². The van der Waals surface area contributed by atoms with Crippen molar-refractivity contribution in [1.29, 1.82) is 0 Å². The van der Waals surface area contributed by atoms with Gasteiger partial charge in [0.15, 0.2) is 6.10 Å². The summed E-state index contributed by atoms with van der Waals surface area (Å²) >= 11 is 0. The van der Waals surface area contributed by atoms with E-state index in [1.165, 1.54) is 0 Å². The van der Waals surface area contributed by atoms with Gasteiger partial charge in [-0.05, 0) is 6.42 Å². The minimum Gasteiger partial charge on any atom is -0.366 e. The van der Waals surface area contributed by atoms with Gasteiger partial charge in [-0.3, -0.25) is 4.79 Å². The van der Waals surface area contributed by atoms with Crippen molar-refractivity contribution in [3.63, 3.8) is 0 Å². The highest BCUT2D eigenvalue weighted by Crippen LogP contribution is 2.43. The third kappa shape index (κ3) is 1.10. The molecule has 0 aliphatic carbocycles. The fourth-order valence-corrected chi connectivity index (χ4v) is 2.39. The van der Waals surface area contributed by atoms with Crippen LogP contribution < -0.4 is 0 Å². The summed E-state index contributed by atoms with van der Waals surface area (Å²) in [6.07, 6.45) is 0.909. The van der Waals surface area contributed by atoms with Crippen molar-refractivity contribution in [3.05, 3.63) is 0 Å². The molecule has 2 rings (SSSR count). The van der Waals surface area contributed by atoms with Gasteiger partial charge in [0, 0.05) is 12.0 Å². The molecule has 2 atom stereocenters. The van der Waals surface area contributed by atoms with Crippen molar-refractivity contribution in [2.45, 2.75) is 39.3 Å². The van der Waals surface area contributed by atoms with Crippen LogP contribution in [0.4, 0.5) is 0 Å². The molecule has 0 aromatic carbocycles. The largest absolute Gasteiger partial charge is 0.366 e. The van der Waals surface area contributed by atoms with Gasteiger partial charge in [-0.1, -0.05) is 20.8 Å². The van der Waals surface area contributed by atoms with E-state index < -0.39 is 0 Å². The van der Waals surface area contributed by atoms with Crippen molar-refractivity contribution < 1.29 is 9.53 Å². The van der Waals surface area contributed by atoms with Crippen LogP contribution >= 0.6 is 0 Å². The Morgan fingerprint density at radius 1 is 1.62 bits per heavy atom. The first-order valence-electron chi connectivity index (χ1n) is 5.00. The molecule has 2 saturated heterocycles. The third-order valence-corrected chi connectivity index (χ3v) is 3.05. The summed E-state index contributed by atoms with van der Waals surface area (Å²) in [5.41, 5.74) is 0.147. The molecule has 13 heavy (non-hydrogen) atoms. The fraction of sp³-hybridized carbons (Fsp3) is 0.900. The molecule has 0 saturated carbocycles. The van der Waals surface area contributed by atoms with Crippen LogP contribution in [0.1, 0.15) is 27.2 Å². The Morgan fingerprint density at radius 3 is 2.92 bits per heavy atom. The SMILES string of the molecule is CCCN1C(=O)[C@H]2OCC(C)(C)[C@H]21. The van der Waals surface area contributed by atoms with Gasteiger partial charge in [0.05, 0.1) is 12.6 Å². The minimum absolute atomic E-state index is 0.124. The number of carbonyl (C=O) groups excluding carboxylic acids is 1. The number of carbonyl (C=O) groups is 1. The van der Waals surface area contributed by atoms with E-state index in [9.17, 15) is 4.79 Å². The average molecular weight is 183 g/mol. The summed E-state index contributed by atoms with van der Waals surface area (Å²) in [6, 6.07) is 0.333. The number of ether oxygens (including phenoxy) is 1. The van der Waals surface area contributed by atoms with Gasteiger partial charge in [0.1, 0.15) is 0 Å². The molecular formula is C10H17NO2. The molecule has 0 N–H and O–H groups in total. The molecule has 3 heteroatoms. The van der Waals surface area contributed by atoms with Gasteiger partial charge >= 0.3 is 0 Å². The standard InChI is InChI=1S/C10H17NO2/c1-4-5-11-8-7(9(11)12)13-6-10(8,2)3/h7-8H,4-6H2,1-3H3/t7-,8-/m0/s1. The van der Waals surface area contributed by atoms with Crippen LogP contribution in [0.5, 0.6) is 0 Å². The van der Waals surface area contributed by atoms with Crippen molar-refractivity contribution in [2.24, 2.45) is 5.41 Å². The van der Waals surface area contributed by atoms with E-state index in [0.717, 1.165) is 13.0 Å². The predicted octanol–water partition coefficient (Wildman–Crippen LogP) is 1.03. The molecule has 3 nitrogen and oxygen atoms in total. The molecule has 2 aliphatic rings. The molecule has 0 aromatic rings. The zero-order valence-corrected chi connectivity index (χ0v) is 8.54. The molecule has 0 aromatic heterocycles. The van der Waals surface area contributed by atoms with Crippen LogP contribution in [-0.2, 0) is 9.53 Å². The quantitative estimate of drug-likeness (QED) is 0.598. The van der Waals surface area contributed by atoms with Gasteiger partial charge in [0.25, 0.3) is 5.91 Å². The molecule has 0 unspecified atom stereocenters. The Balaban J connectivity index is 2.12. The number of amides is 1. The summed E-state index contributed by atoms with van der Waals surface area (Å²) in [6.45, 7) is 8.05. The van der Waals surface area contributed by atoms with Crippen LogP contribution in [0.2, 0.25) is 0 Å². The van der Waals surface area contributed by atoms with Crippen LogP contribution in [0, 0.1) is 5.41 Å². The van der Waals surface area contributed by atoms with Crippen LogP contribution in [0.3, 0.4) is 0 Å². The van der Waals surface area contributed by atoms with Gasteiger partial charge in [-0.2, -0.15) is 0 Å². The summed E-state index contributed by atoms with van der Waals surface area (Å²) in [5, 5.41) is 0. The number of fused-ring (bicyclic) bond motifs is 1. The zero-order valence-electron chi connectivity index (χ0n) is 8.54. The number of hydrogen-bond acceptors (Lipinski definition) is 2. The summed E-state index contributed by atoms with van der Waals surface area (Å²) < 4.78 is 5.46. The van der Waals surface area contributed by atoms with Crippen molar-refractivity contribution in [3.8, 4) is 0 Å². The first-order valence-corrected chi connectivity index (χ1v) is 5.00. The second-order valence-electron chi connectivity index (χ2n) is 4.70. The molecule has 1 amide bonds. The molecule has 2 heterocycles. The monoisotopic (exact) mass is 183 g/mol. The second kappa shape index (κ2) is 2.71. The second-order valence-corrected chi connectivity index (χ2v) is 4.70. The maximum absolute atomic E-state index is 11.5. The van der Waals surface area contributed by atoms with E-state index in [0.29, 0.717) is 12.6 Å². The Bertz CT molecular complexity index is 237. The molecule has 0 radical (unpaired) electrons. The Hall–Kier alpha value is -0.570. The Labute approximate surface area is 79.0 Å². The van der Waals surface area contributed by atoms with Crippen LogP contribution in [0.25, 0.3) is 0 Å². The van der Waals surface area contributed by atoms with E-state index in [2.05, 4.69) is 20.8 Å². The smallest absolute Gasteiger partial charge is 0.254 e. The van der Waals surface area contributed by atoms with Gasteiger partial charge < -0.3 is 9.64 Å². The molecule has 0 bridgehead atoms. The molecule has 2 aliphatic heterocycles. The Morgan fingerprint density at radius 2 is 2.31 bits per heavy atom. The summed E-state index contributed by atoms with van der Waals surface area (Å²) in [5.74, 6) is 0.192. The van der Waals surface area contributed by atoms with Crippen LogP contribution in [0.15, 0.2) is 0 Å². The van der Waals surface area contributed by atoms with E-state index in [-0.39, 0.29) is 17.4 Å².